The Morgan fingerprint density at radius 1 is 0.926 bits per heavy atom. The maximum absolute atomic E-state index is 4.54. The molecule has 5 heteroatoms. The summed E-state index contributed by atoms with van der Waals surface area (Å²) in [6, 6.07) is 14.9. The maximum atomic E-state index is 4.54. The van der Waals surface area contributed by atoms with Gasteiger partial charge in [-0.15, -0.1) is 11.3 Å². The van der Waals surface area contributed by atoms with Gasteiger partial charge in [0.05, 0.1) is 5.39 Å². The summed E-state index contributed by atoms with van der Waals surface area (Å²) in [5.74, 6) is 0.842. The lowest BCUT2D eigenvalue weighted by Gasteiger charge is -2.14. The van der Waals surface area contributed by atoms with Gasteiger partial charge in [0.25, 0.3) is 0 Å². The maximum Gasteiger partial charge on any atom is 0.143 e. The summed E-state index contributed by atoms with van der Waals surface area (Å²) < 4.78 is 0. The van der Waals surface area contributed by atoms with Crippen molar-refractivity contribution in [3.8, 4) is 11.1 Å². The van der Waals surface area contributed by atoms with E-state index in [0.29, 0.717) is 0 Å². The summed E-state index contributed by atoms with van der Waals surface area (Å²) in [5.41, 5.74) is 7.12. The van der Waals surface area contributed by atoms with E-state index in [1.165, 1.54) is 27.9 Å². The lowest BCUT2D eigenvalue weighted by Crippen LogP contribution is -2.08. The fourth-order valence-electron chi connectivity index (χ4n) is 3.26. The molecule has 0 saturated heterocycles. The quantitative estimate of drug-likeness (QED) is 0.491. The van der Waals surface area contributed by atoms with E-state index in [1.807, 2.05) is 14.1 Å². The van der Waals surface area contributed by atoms with Gasteiger partial charge in [-0.2, -0.15) is 0 Å². The van der Waals surface area contributed by atoms with Gasteiger partial charge >= 0.3 is 0 Å². The van der Waals surface area contributed by atoms with E-state index in [0.717, 1.165) is 21.7 Å². The second-order valence-electron chi connectivity index (χ2n) is 6.94. The molecular weight excluding hydrogens is 352 g/mol. The smallest absolute Gasteiger partial charge is 0.143 e. The minimum Gasteiger partial charge on any atom is -0.378 e. The van der Waals surface area contributed by atoms with Crippen molar-refractivity contribution in [2.45, 2.75) is 13.8 Å². The zero-order valence-electron chi connectivity index (χ0n) is 15.9. The van der Waals surface area contributed by atoms with Crippen molar-refractivity contribution in [1.29, 1.82) is 0 Å². The monoisotopic (exact) mass is 374 g/mol. The van der Waals surface area contributed by atoms with Crippen molar-refractivity contribution in [2.75, 3.05) is 24.3 Å². The average molecular weight is 375 g/mol. The van der Waals surface area contributed by atoms with Crippen LogP contribution in [0.25, 0.3) is 21.3 Å². The number of aryl methyl sites for hydroxylation is 2. The molecule has 1 N–H and O–H groups in total. The molecule has 0 fully saturated rings. The van der Waals surface area contributed by atoms with Crippen LogP contribution >= 0.6 is 11.3 Å². The van der Waals surface area contributed by atoms with Gasteiger partial charge in [0, 0.05) is 36.4 Å². The molecule has 0 amide bonds. The lowest BCUT2D eigenvalue weighted by molar-refractivity contribution is 1.13. The third-order valence-electron chi connectivity index (χ3n) is 4.69. The number of aromatic nitrogens is 2. The van der Waals surface area contributed by atoms with Crippen LogP contribution in [-0.4, -0.2) is 24.1 Å². The fourth-order valence-corrected chi connectivity index (χ4v) is 4.17. The molecule has 0 saturated carbocycles. The summed E-state index contributed by atoms with van der Waals surface area (Å²) in [5, 5.41) is 6.73. The van der Waals surface area contributed by atoms with Crippen LogP contribution in [0.1, 0.15) is 11.1 Å². The first kappa shape index (κ1) is 17.5. The zero-order chi connectivity index (χ0) is 19.0. The first-order valence-corrected chi connectivity index (χ1v) is 9.75. The van der Waals surface area contributed by atoms with E-state index in [9.17, 15) is 0 Å². The Hall–Kier alpha value is -2.92. The summed E-state index contributed by atoms with van der Waals surface area (Å²) >= 11 is 1.65. The summed E-state index contributed by atoms with van der Waals surface area (Å²) in [4.78, 5) is 12.1. The SMILES string of the molecule is Cc1ccc(-c2csc3ncnc(Nc4ccc(N(C)C)cc4)c23)c(C)c1. The molecule has 4 aromatic rings. The van der Waals surface area contributed by atoms with Crippen LogP contribution in [0.5, 0.6) is 0 Å². The number of fused-ring (bicyclic) bond motifs is 1. The van der Waals surface area contributed by atoms with E-state index in [1.54, 1.807) is 17.7 Å². The molecule has 0 aliphatic carbocycles. The molecule has 0 aliphatic heterocycles. The van der Waals surface area contributed by atoms with Gasteiger partial charge < -0.3 is 10.2 Å². The van der Waals surface area contributed by atoms with Crippen LogP contribution in [0, 0.1) is 13.8 Å². The van der Waals surface area contributed by atoms with E-state index in [-0.39, 0.29) is 0 Å². The Labute approximate surface area is 163 Å². The van der Waals surface area contributed by atoms with Gasteiger partial charge in [-0.1, -0.05) is 23.8 Å². The third kappa shape index (κ3) is 3.38. The molecule has 0 atom stereocenters. The third-order valence-corrected chi connectivity index (χ3v) is 5.58. The van der Waals surface area contributed by atoms with Crippen molar-refractivity contribution < 1.29 is 0 Å². The highest BCUT2D eigenvalue weighted by Crippen LogP contribution is 2.38. The number of hydrogen-bond donors (Lipinski definition) is 1. The summed E-state index contributed by atoms with van der Waals surface area (Å²) in [7, 11) is 4.08. The Balaban J connectivity index is 1.78. The predicted octanol–water partition coefficient (Wildman–Crippen LogP) is 5.78. The van der Waals surface area contributed by atoms with Crippen LogP contribution < -0.4 is 10.2 Å². The largest absolute Gasteiger partial charge is 0.378 e. The van der Waals surface area contributed by atoms with E-state index >= 15 is 0 Å². The number of thiophene rings is 1. The predicted molar refractivity (Wildman–Crippen MR) is 116 cm³/mol. The normalized spacial score (nSPS) is 11.0. The fraction of sp³-hybridized carbons (Fsp3) is 0.182. The van der Waals surface area contributed by atoms with Crippen LogP contribution in [0.15, 0.2) is 54.2 Å². The highest BCUT2D eigenvalue weighted by atomic mass is 32.1. The van der Waals surface area contributed by atoms with E-state index < -0.39 is 0 Å². The second kappa shape index (κ2) is 7.00. The minimum atomic E-state index is 0.842. The molecule has 27 heavy (non-hydrogen) atoms. The van der Waals surface area contributed by atoms with Crippen LogP contribution in [0.4, 0.5) is 17.2 Å². The Bertz CT molecular complexity index is 1100. The van der Waals surface area contributed by atoms with Gasteiger partial charge in [-0.25, -0.2) is 9.97 Å². The van der Waals surface area contributed by atoms with Crippen molar-refractivity contribution >= 4 is 38.7 Å². The van der Waals surface area contributed by atoms with Gasteiger partial charge in [0.1, 0.15) is 17.0 Å². The van der Waals surface area contributed by atoms with Gasteiger partial charge in [-0.3, -0.25) is 0 Å². The van der Waals surface area contributed by atoms with Crippen molar-refractivity contribution in [2.24, 2.45) is 0 Å². The molecule has 0 unspecified atom stereocenters. The number of rotatable bonds is 4. The molecule has 0 aliphatic rings. The standard InChI is InChI=1S/C22H22N4S/c1-14-5-10-18(15(2)11-14)19-12-27-22-20(19)21(23-13-24-22)25-16-6-8-17(9-7-16)26(3)4/h5-13H,1-4H3,(H,23,24,25). The first-order valence-electron chi connectivity index (χ1n) is 8.87. The van der Waals surface area contributed by atoms with Crippen molar-refractivity contribution in [1.82, 2.24) is 9.97 Å². The Morgan fingerprint density at radius 2 is 1.70 bits per heavy atom. The van der Waals surface area contributed by atoms with E-state index in [4.69, 9.17) is 0 Å². The second-order valence-corrected chi connectivity index (χ2v) is 7.79. The highest BCUT2D eigenvalue weighted by Gasteiger charge is 2.15. The molecular formula is C22H22N4S. The summed E-state index contributed by atoms with van der Waals surface area (Å²) in [6.07, 6.45) is 1.63. The van der Waals surface area contributed by atoms with Crippen molar-refractivity contribution in [3.63, 3.8) is 0 Å². The Morgan fingerprint density at radius 3 is 2.41 bits per heavy atom. The average Bonchev–Trinajstić information content (AvgIpc) is 3.07. The molecule has 2 aromatic carbocycles. The molecule has 0 bridgehead atoms. The topological polar surface area (TPSA) is 41.1 Å². The number of nitrogens with one attached hydrogen (secondary N) is 1. The van der Waals surface area contributed by atoms with Gasteiger partial charge in [0.15, 0.2) is 0 Å². The lowest BCUT2D eigenvalue weighted by atomic mass is 9.99. The zero-order valence-corrected chi connectivity index (χ0v) is 16.8. The van der Waals surface area contributed by atoms with E-state index in [2.05, 4.69) is 81.9 Å². The Kier molecular flexibility index (Phi) is 4.54. The number of anilines is 3. The number of hydrogen-bond acceptors (Lipinski definition) is 5. The molecule has 136 valence electrons. The molecule has 4 rings (SSSR count). The van der Waals surface area contributed by atoms with Gasteiger partial charge in [-0.05, 0) is 49.2 Å². The summed E-state index contributed by atoms with van der Waals surface area (Å²) in [6.45, 7) is 4.28. The molecule has 0 radical (unpaired) electrons. The van der Waals surface area contributed by atoms with Crippen LogP contribution in [0.3, 0.4) is 0 Å². The number of benzene rings is 2. The first-order chi connectivity index (χ1) is 13.0. The minimum absolute atomic E-state index is 0.842. The molecule has 4 nitrogen and oxygen atoms in total. The highest BCUT2D eigenvalue weighted by molar-refractivity contribution is 7.17. The molecule has 2 aromatic heterocycles. The molecule has 2 heterocycles. The van der Waals surface area contributed by atoms with Crippen molar-refractivity contribution in [3.05, 3.63) is 65.3 Å². The van der Waals surface area contributed by atoms with Crippen LogP contribution in [0.2, 0.25) is 0 Å². The van der Waals surface area contributed by atoms with Crippen LogP contribution in [-0.2, 0) is 0 Å². The number of nitrogens with zero attached hydrogens (tertiary/aromatic N) is 3. The van der Waals surface area contributed by atoms with Gasteiger partial charge in [0.2, 0.25) is 0 Å². The molecule has 0 spiro atoms.